The average Bonchev–Trinajstić information content (AvgIpc) is 2.17. The molecule has 11 heavy (non-hydrogen) atoms. The Morgan fingerprint density at radius 2 is 1.82 bits per heavy atom. The monoisotopic (exact) mass is 158 g/mol. The molecule has 0 aliphatic carbocycles. The molecule has 0 amide bonds. The molecule has 1 aliphatic heterocycles. The minimum atomic E-state index is -0.839. The minimum Gasteiger partial charge on any atom is -0.479 e. The van der Waals surface area contributed by atoms with E-state index in [-0.39, 0.29) is 12.0 Å². The Morgan fingerprint density at radius 1 is 1.27 bits per heavy atom. The quantitative estimate of drug-likeness (QED) is 0.622. The second-order valence-corrected chi connectivity index (χ2v) is 3.32. The van der Waals surface area contributed by atoms with Crippen molar-refractivity contribution in [3.63, 3.8) is 0 Å². The average molecular weight is 158 g/mol. The summed E-state index contributed by atoms with van der Waals surface area (Å²) in [6.45, 7) is 5.87. The van der Waals surface area contributed by atoms with E-state index >= 15 is 0 Å². The summed E-state index contributed by atoms with van der Waals surface area (Å²) in [5.74, 6) is -0.368. The lowest BCUT2D eigenvalue weighted by atomic mass is 9.91. The zero-order valence-corrected chi connectivity index (χ0v) is 7.07. The van der Waals surface area contributed by atoms with E-state index in [1.165, 1.54) is 0 Å². The summed E-state index contributed by atoms with van der Waals surface area (Å²) in [5.41, 5.74) is 0. The van der Waals surface area contributed by atoms with Gasteiger partial charge in [-0.3, -0.25) is 0 Å². The summed E-state index contributed by atoms with van der Waals surface area (Å²) in [6, 6.07) is 0. The van der Waals surface area contributed by atoms with Crippen LogP contribution >= 0.6 is 0 Å². The molecule has 0 aromatic carbocycles. The summed E-state index contributed by atoms with van der Waals surface area (Å²) < 4.78 is 5.25. The molecule has 1 heterocycles. The Hall–Kier alpha value is -0.570. The van der Waals surface area contributed by atoms with Gasteiger partial charge in [0.1, 0.15) is 0 Å². The van der Waals surface area contributed by atoms with Crippen molar-refractivity contribution in [2.75, 3.05) is 0 Å². The van der Waals surface area contributed by atoms with E-state index < -0.39 is 12.1 Å². The maximum atomic E-state index is 10.6. The first-order valence-electron chi connectivity index (χ1n) is 3.92. The number of hydrogen-bond donors (Lipinski definition) is 1. The van der Waals surface area contributed by atoms with Crippen molar-refractivity contribution in [2.24, 2.45) is 11.8 Å². The first kappa shape index (κ1) is 8.53. The molecule has 0 radical (unpaired) electrons. The standard InChI is InChI=1S/C8H14O3/c1-4-5(2)7(8(9)10)11-6(4)3/h4-7H,1-3H3,(H,9,10). The zero-order valence-electron chi connectivity index (χ0n) is 7.07. The second kappa shape index (κ2) is 2.81. The van der Waals surface area contributed by atoms with Crippen molar-refractivity contribution in [3.05, 3.63) is 0 Å². The van der Waals surface area contributed by atoms with Crippen LogP contribution in [-0.4, -0.2) is 23.3 Å². The number of carboxylic acid groups (broad SMARTS) is 1. The van der Waals surface area contributed by atoms with Crippen LogP contribution in [0.1, 0.15) is 20.8 Å². The predicted octanol–water partition coefficient (Wildman–Crippen LogP) is 1.13. The Labute approximate surface area is 66.4 Å². The van der Waals surface area contributed by atoms with Gasteiger partial charge in [0.05, 0.1) is 6.10 Å². The van der Waals surface area contributed by atoms with Crippen LogP contribution in [0.25, 0.3) is 0 Å². The maximum absolute atomic E-state index is 10.6. The molecule has 4 unspecified atom stereocenters. The number of carboxylic acids is 1. The van der Waals surface area contributed by atoms with E-state index in [4.69, 9.17) is 9.84 Å². The highest BCUT2D eigenvalue weighted by Crippen LogP contribution is 2.31. The smallest absolute Gasteiger partial charge is 0.333 e. The van der Waals surface area contributed by atoms with Gasteiger partial charge in [0.2, 0.25) is 0 Å². The van der Waals surface area contributed by atoms with Crippen LogP contribution in [-0.2, 0) is 9.53 Å². The van der Waals surface area contributed by atoms with Gasteiger partial charge in [-0.1, -0.05) is 13.8 Å². The van der Waals surface area contributed by atoms with Gasteiger partial charge in [-0.15, -0.1) is 0 Å². The van der Waals surface area contributed by atoms with Gasteiger partial charge >= 0.3 is 5.97 Å². The number of aliphatic carboxylic acids is 1. The van der Waals surface area contributed by atoms with Crippen molar-refractivity contribution in [3.8, 4) is 0 Å². The Morgan fingerprint density at radius 3 is 2.00 bits per heavy atom. The fourth-order valence-electron chi connectivity index (χ4n) is 1.47. The largest absolute Gasteiger partial charge is 0.479 e. The topological polar surface area (TPSA) is 46.5 Å². The molecule has 0 spiro atoms. The van der Waals surface area contributed by atoms with Crippen LogP contribution in [0.3, 0.4) is 0 Å². The lowest BCUT2D eigenvalue weighted by molar-refractivity contribution is -0.150. The normalized spacial score (nSPS) is 44.3. The van der Waals surface area contributed by atoms with E-state index in [9.17, 15) is 4.79 Å². The molecule has 0 aromatic heterocycles. The third-order valence-electron chi connectivity index (χ3n) is 2.65. The van der Waals surface area contributed by atoms with Crippen LogP contribution in [0.4, 0.5) is 0 Å². The summed E-state index contributed by atoms with van der Waals surface area (Å²) in [4.78, 5) is 10.6. The van der Waals surface area contributed by atoms with E-state index in [2.05, 4.69) is 0 Å². The summed E-state index contributed by atoms with van der Waals surface area (Å²) in [7, 11) is 0. The Bertz CT molecular complexity index is 167. The number of rotatable bonds is 1. The van der Waals surface area contributed by atoms with Crippen LogP contribution in [0.15, 0.2) is 0 Å². The van der Waals surface area contributed by atoms with Gasteiger partial charge in [0, 0.05) is 0 Å². The lowest BCUT2D eigenvalue weighted by Crippen LogP contribution is -2.25. The lowest BCUT2D eigenvalue weighted by Gasteiger charge is -2.10. The zero-order chi connectivity index (χ0) is 8.59. The minimum absolute atomic E-state index is 0.0751. The van der Waals surface area contributed by atoms with Crippen molar-refractivity contribution in [1.29, 1.82) is 0 Å². The van der Waals surface area contributed by atoms with Gasteiger partial charge in [-0.05, 0) is 18.8 Å². The van der Waals surface area contributed by atoms with E-state index in [0.29, 0.717) is 5.92 Å². The highest BCUT2D eigenvalue weighted by molar-refractivity contribution is 5.73. The summed E-state index contributed by atoms with van der Waals surface area (Å²) in [5, 5.41) is 8.69. The SMILES string of the molecule is CC1OC(C(=O)O)C(C)C1C. The van der Waals surface area contributed by atoms with Gasteiger partial charge in [0.15, 0.2) is 6.10 Å². The number of ether oxygens (including phenoxy) is 1. The van der Waals surface area contributed by atoms with Crippen LogP contribution in [0.2, 0.25) is 0 Å². The molecule has 0 saturated carbocycles. The molecule has 1 rings (SSSR count). The van der Waals surface area contributed by atoms with E-state index in [1.54, 1.807) is 0 Å². The molecule has 0 aromatic rings. The third-order valence-corrected chi connectivity index (χ3v) is 2.65. The molecular weight excluding hydrogens is 144 g/mol. The third kappa shape index (κ3) is 1.38. The molecule has 3 nitrogen and oxygen atoms in total. The first-order valence-corrected chi connectivity index (χ1v) is 3.92. The molecule has 1 N–H and O–H groups in total. The van der Waals surface area contributed by atoms with E-state index in [1.807, 2.05) is 20.8 Å². The summed E-state index contributed by atoms with van der Waals surface area (Å²) >= 11 is 0. The van der Waals surface area contributed by atoms with Crippen LogP contribution < -0.4 is 0 Å². The molecule has 0 bridgehead atoms. The fraction of sp³-hybridized carbons (Fsp3) is 0.875. The van der Waals surface area contributed by atoms with Crippen LogP contribution in [0, 0.1) is 11.8 Å². The van der Waals surface area contributed by atoms with Gasteiger partial charge < -0.3 is 9.84 Å². The Balaban J connectivity index is 2.67. The maximum Gasteiger partial charge on any atom is 0.333 e. The van der Waals surface area contributed by atoms with Gasteiger partial charge in [0.25, 0.3) is 0 Å². The fourth-order valence-corrected chi connectivity index (χ4v) is 1.47. The second-order valence-electron chi connectivity index (χ2n) is 3.32. The predicted molar refractivity (Wildman–Crippen MR) is 40.3 cm³/mol. The molecule has 3 heteroatoms. The van der Waals surface area contributed by atoms with Crippen molar-refractivity contribution < 1.29 is 14.6 Å². The van der Waals surface area contributed by atoms with Crippen LogP contribution in [0.5, 0.6) is 0 Å². The molecule has 1 saturated heterocycles. The highest BCUT2D eigenvalue weighted by atomic mass is 16.5. The van der Waals surface area contributed by atoms with Crippen molar-refractivity contribution >= 4 is 5.97 Å². The molecular formula is C8H14O3. The van der Waals surface area contributed by atoms with E-state index in [0.717, 1.165) is 0 Å². The Kier molecular flexibility index (Phi) is 2.18. The summed E-state index contributed by atoms with van der Waals surface area (Å²) in [6.07, 6.45) is -0.522. The first-order chi connectivity index (χ1) is 5.04. The molecule has 1 fully saturated rings. The molecule has 1 aliphatic rings. The van der Waals surface area contributed by atoms with Gasteiger partial charge in [-0.25, -0.2) is 4.79 Å². The highest BCUT2D eigenvalue weighted by Gasteiger charge is 2.40. The number of carbonyl (C=O) groups is 1. The molecule has 64 valence electrons. The van der Waals surface area contributed by atoms with Gasteiger partial charge in [-0.2, -0.15) is 0 Å². The number of hydrogen-bond acceptors (Lipinski definition) is 2. The van der Waals surface area contributed by atoms with Crippen molar-refractivity contribution in [2.45, 2.75) is 33.0 Å². The molecule has 4 atom stereocenters. The van der Waals surface area contributed by atoms with Crippen molar-refractivity contribution in [1.82, 2.24) is 0 Å².